The SMILES string of the molecule is CC(C)(C)OC(=O)C(CCC#N)c1cnc2ccccc2c1. The van der Waals surface area contributed by atoms with Crippen LogP contribution in [-0.2, 0) is 9.53 Å². The number of hydrogen-bond donors (Lipinski definition) is 0. The number of benzene rings is 1. The minimum Gasteiger partial charge on any atom is -0.459 e. The molecule has 0 aliphatic heterocycles. The van der Waals surface area contributed by atoms with Gasteiger partial charge in [0.25, 0.3) is 0 Å². The van der Waals surface area contributed by atoms with Crippen LogP contribution in [0, 0.1) is 11.3 Å². The Morgan fingerprint density at radius 2 is 2.09 bits per heavy atom. The lowest BCUT2D eigenvalue weighted by Crippen LogP contribution is -2.28. The van der Waals surface area contributed by atoms with Crippen molar-refractivity contribution in [3.05, 3.63) is 42.1 Å². The van der Waals surface area contributed by atoms with Gasteiger partial charge in [0.15, 0.2) is 0 Å². The summed E-state index contributed by atoms with van der Waals surface area (Å²) in [6.45, 7) is 5.51. The van der Waals surface area contributed by atoms with Crippen molar-refractivity contribution in [2.75, 3.05) is 0 Å². The number of carbonyl (C=O) groups is 1. The van der Waals surface area contributed by atoms with E-state index < -0.39 is 11.5 Å². The first-order valence-electron chi connectivity index (χ1n) is 7.35. The van der Waals surface area contributed by atoms with Gasteiger partial charge in [-0.05, 0) is 44.9 Å². The van der Waals surface area contributed by atoms with Gasteiger partial charge >= 0.3 is 5.97 Å². The molecule has 0 aliphatic carbocycles. The highest BCUT2D eigenvalue weighted by molar-refractivity contribution is 5.83. The van der Waals surface area contributed by atoms with E-state index in [9.17, 15) is 4.79 Å². The van der Waals surface area contributed by atoms with E-state index in [1.807, 2.05) is 51.1 Å². The molecule has 0 saturated carbocycles. The quantitative estimate of drug-likeness (QED) is 0.801. The van der Waals surface area contributed by atoms with Gasteiger partial charge in [-0.25, -0.2) is 0 Å². The zero-order chi connectivity index (χ0) is 16.2. The molecule has 0 saturated heterocycles. The van der Waals surface area contributed by atoms with E-state index in [2.05, 4.69) is 11.1 Å². The van der Waals surface area contributed by atoms with E-state index >= 15 is 0 Å². The molecule has 4 heteroatoms. The number of esters is 1. The molecular formula is C18H20N2O2. The summed E-state index contributed by atoms with van der Waals surface area (Å²) in [6.07, 6.45) is 2.44. The predicted octanol–water partition coefficient (Wildman–Crippen LogP) is 3.96. The average Bonchev–Trinajstić information content (AvgIpc) is 2.45. The maximum atomic E-state index is 12.4. The number of rotatable bonds is 4. The van der Waals surface area contributed by atoms with Crippen LogP contribution in [0.3, 0.4) is 0 Å². The van der Waals surface area contributed by atoms with Crippen LogP contribution in [0.4, 0.5) is 0 Å². The first-order valence-corrected chi connectivity index (χ1v) is 7.35. The molecule has 0 amide bonds. The van der Waals surface area contributed by atoms with Gasteiger partial charge in [-0.1, -0.05) is 18.2 Å². The zero-order valence-corrected chi connectivity index (χ0v) is 13.2. The molecule has 22 heavy (non-hydrogen) atoms. The van der Waals surface area contributed by atoms with Gasteiger partial charge in [-0.3, -0.25) is 9.78 Å². The molecule has 0 fully saturated rings. The summed E-state index contributed by atoms with van der Waals surface area (Å²) in [6, 6.07) is 11.8. The zero-order valence-electron chi connectivity index (χ0n) is 13.2. The summed E-state index contributed by atoms with van der Waals surface area (Å²) in [4.78, 5) is 16.8. The molecule has 0 aliphatic rings. The van der Waals surface area contributed by atoms with Gasteiger partial charge in [0.1, 0.15) is 5.60 Å². The van der Waals surface area contributed by atoms with Gasteiger partial charge < -0.3 is 4.74 Å². The molecule has 0 spiro atoms. The van der Waals surface area contributed by atoms with Crippen LogP contribution in [-0.4, -0.2) is 16.6 Å². The highest BCUT2D eigenvalue weighted by atomic mass is 16.6. The van der Waals surface area contributed by atoms with Crippen LogP contribution in [0.25, 0.3) is 10.9 Å². The Hall–Kier alpha value is -2.41. The van der Waals surface area contributed by atoms with E-state index in [0.717, 1.165) is 16.5 Å². The molecule has 1 aromatic carbocycles. The number of ether oxygens (including phenoxy) is 1. The molecular weight excluding hydrogens is 276 g/mol. The first-order chi connectivity index (χ1) is 10.4. The second-order valence-electron chi connectivity index (χ2n) is 6.24. The van der Waals surface area contributed by atoms with Gasteiger partial charge in [0.2, 0.25) is 0 Å². The predicted molar refractivity (Wildman–Crippen MR) is 85.2 cm³/mol. The first kappa shape index (κ1) is 16.0. The third-order valence-electron chi connectivity index (χ3n) is 3.25. The Morgan fingerprint density at radius 1 is 1.36 bits per heavy atom. The highest BCUT2D eigenvalue weighted by Gasteiger charge is 2.26. The molecule has 0 radical (unpaired) electrons. The van der Waals surface area contributed by atoms with Gasteiger partial charge in [-0.2, -0.15) is 5.26 Å². The minimum atomic E-state index is -0.549. The van der Waals surface area contributed by atoms with Crippen LogP contribution >= 0.6 is 0 Å². The molecule has 2 rings (SSSR count). The number of nitriles is 1. The molecule has 0 N–H and O–H groups in total. The Labute approximate surface area is 130 Å². The fourth-order valence-corrected chi connectivity index (χ4v) is 2.28. The van der Waals surface area contributed by atoms with Crippen molar-refractivity contribution in [3.8, 4) is 6.07 Å². The van der Waals surface area contributed by atoms with Crippen molar-refractivity contribution in [1.29, 1.82) is 5.26 Å². The van der Waals surface area contributed by atoms with Crippen LogP contribution in [0.2, 0.25) is 0 Å². The van der Waals surface area contributed by atoms with Crippen molar-refractivity contribution in [1.82, 2.24) is 4.98 Å². The summed E-state index contributed by atoms with van der Waals surface area (Å²) in [7, 11) is 0. The molecule has 1 aromatic heterocycles. The molecule has 2 aromatic rings. The molecule has 114 valence electrons. The topological polar surface area (TPSA) is 63.0 Å². The van der Waals surface area contributed by atoms with E-state index in [4.69, 9.17) is 10.00 Å². The van der Waals surface area contributed by atoms with Crippen molar-refractivity contribution < 1.29 is 9.53 Å². The van der Waals surface area contributed by atoms with Crippen molar-refractivity contribution in [2.45, 2.75) is 45.1 Å². The molecule has 0 bridgehead atoms. The summed E-state index contributed by atoms with van der Waals surface area (Å²) >= 11 is 0. The summed E-state index contributed by atoms with van der Waals surface area (Å²) in [5.74, 6) is -0.768. The number of para-hydroxylation sites is 1. The Morgan fingerprint density at radius 3 is 2.77 bits per heavy atom. The molecule has 1 atom stereocenters. The lowest BCUT2D eigenvalue weighted by Gasteiger charge is -2.23. The number of aromatic nitrogens is 1. The Kier molecular flexibility index (Phi) is 4.77. The third kappa shape index (κ3) is 4.05. The monoisotopic (exact) mass is 296 g/mol. The number of hydrogen-bond acceptors (Lipinski definition) is 4. The summed E-state index contributed by atoms with van der Waals surface area (Å²) < 4.78 is 5.49. The van der Waals surface area contributed by atoms with E-state index in [0.29, 0.717) is 12.8 Å². The van der Waals surface area contributed by atoms with Gasteiger partial charge in [-0.15, -0.1) is 0 Å². The second-order valence-corrected chi connectivity index (χ2v) is 6.24. The Balaban J connectivity index is 2.34. The van der Waals surface area contributed by atoms with Crippen molar-refractivity contribution in [2.24, 2.45) is 0 Å². The van der Waals surface area contributed by atoms with E-state index in [1.54, 1.807) is 6.20 Å². The smallest absolute Gasteiger partial charge is 0.314 e. The molecule has 4 nitrogen and oxygen atoms in total. The van der Waals surface area contributed by atoms with Crippen LogP contribution in [0.15, 0.2) is 36.5 Å². The number of carbonyl (C=O) groups excluding carboxylic acids is 1. The van der Waals surface area contributed by atoms with E-state index in [1.165, 1.54) is 0 Å². The lowest BCUT2D eigenvalue weighted by atomic mass is 9.94. The van der Waals surface area contributed by atoms with Crippen molar-refractivity contribution in [3.63, 3.8) is 0 Å². The van der Waals surface area contributed by atoms with Crippen LogP contribution in [0.5, 0.6) is 0 Å². The van der Waals surface area contributed by atoms with Crippen LogP contribution in [0.1, 0.15) is 45.1 Å². The molecule has 1 unspecified atom stereocenters. The lowest BCUT2D eigenvalue weighted by molar-refractivity contribution is -0.156. The number of pyridine rings is 1. The Bertz CT molecular complexity index is 711. The standard InChI is InChI=1S/C18H20N2O2/c1-18(2,3)22-17(21)15(8-6-10-19)14-11-13-7-4-5-9-16(13)20-12-14/h4-5,7,9,11-12,15H,6,8H2,1-3H3. The van der Waals surface area contributed by atoms with Gasteiger partial charge in [0.05, 0.1) is 17.5 Å². The van der Waals surface area contributed by atoms with E-state index in [-0.39, 0.29) is 5.97 Å². The van der Waals surface area contributed by atoms with Crippen LogP contribution < -0.4 is 0 Å². The largest absolute Gasteiger partial charge is 0.459 e. The number of nitrogens with zero attached hydrogens (tertiary/aromatic N) is 2. The van der Waals surface area contributed by atoms with Crippen molar-refractivity contribution >= 4 is 16.9 Å². The third-order valence-corrected chi connectivity index (χ3v) is 3.25. The summed E-state index contributed by atoms with van der Waals surface area (Å²) in [5.41, 5.74) is 1.13. The summed E-state index contributed by atoms with van der Waals surface area (Å²) in [5, 5.41) is 9.81. The number of fused-ring (bicyclic) bond motifs is 1. The normalized spacial score (nSPS) is 12.6. The fourth-order valence-electron chi connectivity index (χ4n) is 2.28. The second kappa shape index (κ2) is 6.57. The fraction of sp³-hybridized carbons (Fsp3) is 0.389. The minimum absolute atomic E-state index is 0.302. The maximum absolute atomic E-state index is 12.4. The maximum Gasteiger partial charge on any atom is 0.314 e. The van der Waals surface area contributed by atoms with Gasteiger partial charge in [0, 0.05) is 18.0 Å². The molecule has 1 heterocycles. The average molecular weight is 296 g/mol. The highest BCUT2D eigenvalue weighted by Crippen LogP contribution is 2.27.